The molecule has 1 saturated heterocycles. The van der Waals surface area contributed by atoms with E-state index >= 15 is 0 Å². The molecule has 1 heterocycles. The molecule has 2 rings (SSSR count). The van der Waals surface area contributed by atoms with Gasteiger partial charge in [-0.2, -0.15) is 0 Å². The standard InChI is InChI=1S/C15H29N3O/c1-17(2)14-4-3-9-18(11-14)15(19)13-7-5-12(10-16)6-8-13/h12-14H,3-11,16H2,1-2H3. The summed E-state index contributed by atoms with van der Waals surface area (Å²) in [7, 11) is 4.23. The van der Waals surface area contributed by atoms with Crippen LogP contribution in [0, 0.1) is 11.8 Å². The molecule has 0 spiro atoms. The zero-order chi connectivity index (χ0) is 13.8. The van der Waals surface area contributed by atoms with Crippen molar-refractivity contribution in [2.45, 2.75) is 44.6 Å². The van der Waals surface area contributed by atoms with Gasteiger partial charge in [-0.25, -0.2) is 0 Å². The minimum absolute atomic E-state index is 0.267. The third-order valence-corrected chi connectivity index (χ3v) is 4.97. The lowest BCUT2D eigenvalue weighted by atomic mass is 9.81. The molecule has 0 aromatic rings. The van der Waals surface area contributed by atoms with Gasteiger partial charge in [0.1, 0.15) is 0 Å². The largest absolute Gasteiger partial charge is 0.341 e. The Hall–Kier alpha value is -0.610. The fraction of sp³-hybridized carbons (Fsp3) is 0.933. The van der Waals surface area contributed by atoms with Crippen LogP contribution in [0.1, 0.15) is 38.5 Å². The van der Waals surface area contributed by atoms with Crippen molar-refractivity contribution in [1.29, 1.82) is 0 Å². The third-order valence-electron chi connectivity index (χ3n) is 4.97. The van der Waals surface area contributed by atoms with E-state index in [1.165, 1.54) is 6.42 Å². The monoisotopic (exact) mass is 267 g/mol. The van der Waals surface area contributed by atoms with Crippen molar-refractivity contribution in [3.63, 3.8) is 0 Å². The van der Waals surface area contributed by atoms with E-state index in [9.17, 15) is 4.79 Å². The number of likely N-dealkylation sites (tertiary alicyclic amines) is 1. The molecule has 2 fully saturated rings. The molecule has 0 radical (unpaired) electrons. The van der Waals surface area contributed by atoms with Crippen LogP contribution in [0.4, 0.5) is 0 Å². The second-order valence-electron chi connectivity index (χ2n) is 6.50. The van der Waals surface area contributed by atoms with Crippen molar-refractivity contribution < 1.29 is 4.79 Å². The Morgan fingerprint density at radius 3 is 2.47 bits per heavy atom. The van der Waals surface area contributed by atoms with E-state index in [4.69, 9.17) is 5.73 Å². The fourth-order valence-corrected chi connectivity index (χ4v) is 3.48. The molecule has 0 aromatic carbocycles. The van der Waals surface area contributed by atoms with Gasteiger partial charge in [0.05, 0.1) is 0 Å². The highest BCUT2D eigenvalue weighted by Crippen LogP contribution is 2.30. The quantitative estimate of drug-likeness (QED) is 0.838. The average molecular weight is 267 g/mol. The van der Waals surface area contributed by atoms with E-state index in [1.807, 2.05) is 0 Å². The van der Waals surface area contributed by atoms with Crippen molar-refractivity contribution in [1.82, 2.24) is 9.80 Å². The molecule has 2 aliphatic rings. The maximum absolute atomic E-state index is 12.6. The number of nitrogens with zero attached hydrogens (tertiary/aromatic N) is 2. The predicted octanol–water partition coefficient (Wildman–Crippen LogP) is 1.30. The molecule has 1 saturated carbocycles. The van der Waals surface area contributed by atoms with Gasteiger partial charge < -0.3 is 15.5 Å². The van der Waals surface area contributed by atoms with Gasteiger partial charge in [0.25, 0.3) is 0 Å². The average Bonchev–Trinajstić information content (AvgIpc) is 2.46. The molecule has 1 aliphatic heterocycles. The molecule has 1 amide bonds. The van der Waals surface area contributed by atoms with Crippen molar-refractivity contribution >= 4 is 5.91 Å². The zero-order valence-electron chi connectivity index (χ0n) is 12.5. The van der Waals surface area contributed by atoms with Crippen LogP contribution in [-0.2, 0) is 4.79 Å². The molecule has 1 atom stereocenters. The molecule has 4 heteroatoms. The summed E-state index contributed by atoms with van der Waals surface area (Å²) in [5, 5.41) is 0. The van der Waals surface area contributed by atoms with E-state index in [-0.39, 0.29) is 5.92 Å². The maximum Gasteiger partial charge on any atom is 0.225 e. The predicted molar refractivity (Wildman–Crippen MR) is 77.8 cm³/mol. The number of hydrogen-bond acceptors (Lipinski definition) is 3. The van der Waals surface area contributed by atoms with E-state index in [2.05, 4.69) is 23.9 Å². The normalized spacial score (nSPS) is 32.6. The van der Waals surface area contributed by atoms with Crippen LogP contribution < -0.4 is 5.73 Å². The van der Waals surface area contributed by atoms with Crippen molar-refractivity contribution in [2.24, 2.45) is 17.6 Å². The van der Waals surface area contributed by atoms with Crippen LogP contribution in [0.15, 0.2) is 0 Å². The van der Waals surface area contributed by atoms with E-state index in [0.717, 1.165) is 51.7 Å². The second kappa shape index (κ2) is 6.71. The molecule has 4 nitrogen and oxygen atoms in total. The smallest absolute Gasteiger partial charge is 0.225 e. The van der Waals surface area contributed by atoms with E-state index in [0.29, 0.717) is 17.9 Å². The van der Waals surface area contributed by atoms with Gasteiger partial charge in [0, 0.05) is 25.0 Å². The first-order valence-corrected chi connectivity index (χ1v) is 7.77. The van der Waals surface area contributed by atoms with Gasteiger partial charge in [-0.05, 0) is 65.1 Å². The molecule has 19 heavy (non-hydrogen) atoms. The van der Waals surface area contributed by atoms with Crippen LogP contribution in [0.5, 0.6) is 0 Å². The number of nitrogens with two attached hydrogens (primary N) is 1. The summed E-state index contributed by atoms with van der Waals surface area (Å²) >= 11 is 0. The Labute approximate surface area is 117 Å². The van der Waals surface area contributed by atoms with Gasteiger partial charge in [-0.3, -0.25) is 4.79 Å². The number of likely N-dealkylation sites (N-methyl/N-ethyl adjacent to an activating group) is 1. The van der Waals surface area contributed by atoms with E-state index in [1.54, 1.807) is 0 Å². The first kappa shape index (κ1) is 14.8. The fourth-order valence-electron chi connectivity index (χ4n) is 3.48. The van der Waals surface area contributed by atoms with Gasteiger partial charge in [0.2, 0.25) is 5.91 Å². The molecule has 110 valence electrons. The van der Waals surface area contributed by atoms with Crippen LogP contribution in [0.25, 0.3) is 0 Å². The lowest BCUT2D eigenvalue weighted by molar-refractivity contribution is -0.138. The van der Waals surface area contributed by atoms with Crippen molar-refractivity contribution in [3.05, 3.63) is 0 Å². The maximum atomic E-state index is 12.6. The zero-order valence-corrected chi connectivity index (χ0v) is 12.5. The number of rotatable bonds is 3. The number of piperidine rings is 1. The topological polar surface area (TPSA) is 49.6 Å². The van der Waals surface area contributed by atoms with Gasteiger partial charge in [-0.1, -0.05) is 0 Å². The Kier molecular flexibility index (Phi) is 5.22. The Bertz CT molecular complexity index is 298. The Morgan fingerprint density at radius 1 is 1.21 bits per heavy atom. The number of amides is 1. The highest BCUT2D eigenvalue weighted by molar-refractivity contribution is 5.79. The summed E-state index contributed by atoms with van der Waals surface area (Å²) in [6.07, 6.45) is 6.73. The number of carbonyl (C=O) groups excluding carboxylic acids is 1. The summed E-state index contributed by atoms with van der Waals surface area (Å²) in [5.74, 6) is 1.32. The summed E-state index contributed by atoms with van der Waals surface area (Å²) < 4.78 is 0. The van der Waals surface area contributed by atoms with Crippen molar-refractivity contribution in [2.75, 3.05) is 33.7 Å². The molecule has 1 unspecified atom stereocenters. The summed E-state index contributed by atoms with van der Waals surface area (Å²) in [6, 6.07) is 0.540. The SMILES string of the molecule is CN(C)C1CCCN(C(=O)C2CCC(CN)CC2)C1. The molecule has 2 N–H and O–H groups in total. The number of hydrogen-bond donors (Lipinski definition) is 1. The van der Waals surface area contributed by atoms with Crippen LogP contribution in [0.3, 0.4) is 0 Å². The first-order chi connectivity index (χ1) is 9.11. The Balaban J connectivity index is 1.86. The summed E-state index contributed by atoms with van der Waals surface area (Å²) in [4.78, 5) is 17.0. The highest BCUT2D eigenvalue weighted by atomic mass is 16.2. The van der Waals surface area contributed by atoms with Gasteiger partial charge in [0.15, 0.2) is 0 Å². The second-order valence-corrected chi connectivity index (χ2v) is 6.50. The first-order valence-electron chi connectivity index (χ1n) is 7.77. The molecule has 0 bridgehead atoms. The van der Waals surface area contributed by atoms with Gasteiger partial charge >= 0.3 is 0 Å². The lowest BCUT2D eigenvalue weighted by Gasteiger charge is -2.39. The Morgan fingerprint density at radius 2 is 1.89 bits per heavy atom. The molecule has 1 aliphatic carbocycles. The minimum atomic E-state index is 0.267. The van der Waals surface area contributed by atoms with Crippen LogP contribution >= 0.6 is 0 Å². The molecular weight excluding hydrogens is 238 g/mol. The van der Waals surface area contributed by atoms with Crippen LogP contribution in [-0.4, -0.2) is 55.5 Å². The molecule has 0 aromatic heterocycles. The lowest BCUT2D eigenvalue weighted by Crippen LogP contribution is -2.49. The van der Waals surface area contributed by atoms with Crippen molar-refractivity contribution in [3.8, 4) is 0 Å². The number of carbonyl (C=O) groups is 1. The minimum Gasteiger partial charge on any atom is -0.341 e. The van der Waals surface area contributed by atoms with Crippen LogP contribution in [0.2, 0.25) is 0 Å². The molecular formula is C15H29N3O. The highest BCUT2D eigenvalue weighted by Gasteiger charge is 2.31. The van der Waals surface area contributed by atoms with E-state index < -0.39 is 0 Å². The van der Waals surface area contributed by atoms with Gasteiger partial charge in [-0.15, -0.1) is 0 Å². The summed E-state index contributed by atoms with van der Waals surface area (Å²) in [6.45, 7) is 2.66. The summed E-state index contributed by atoms with van der Waals surface area (Å²) in [5.41, 5.74) is 5.72. The third kappa shape index (κ3) is 3.69.